The lowest BCUT2D eigenvalue weighted by Crippen LogP contribution is -2.41. The second-order valence-electron chi connectivity index (χ2n) is 5.31. The van der Waals surface area contributed by atoms with Crippen LogP contribution in [0, 0.1) is 0 Å². The number of nitrogen functional groups attached to an aromatic ring is 1. The maximum absolute atomic E-state index is 5.56. The van der Waals surface area contributed by atoms with Gasteiger partial charge in [-0.3, -0.25) is 0 Å². The molecule has 2 aliphatic rings. The molecule has 0 spiro atoms. The van der Waals surface area contributed by atoms with Crippen LogP contribution in [0.1, 0.15) is 44.3 Å². The first-order valence-electron chi connectivity index (χ1n) is 7.02. The Morgan fingerprint density at radius 3 is 2.68 bits per heavy atom. The van der Waals surface area contributed by atoms with Crippen LogP contribution in [-0.2, 0) is 4.74 Å². The average Bonchev–Trinajstić information content (AvgIpc) is 3.20. The van der Waals surface area contributed by atoms with Gasteiger partial charge in [0.2, 0.25) is 0 Å². The Balaban J connectivity index is 1.62. The summed E-state index contributed by atoms with van der Waals surface area (Å²) >= 11 is 0. The van der Waals surface area contributed by atoms with Gasteiger partial charge in [-0.15, -0.1) is 0 Å². The first-order chi connectivity index (χ1) is 9.28. The summed E-state index contributed by atoms with van der Waals surface area (Å²) in [6.07, 6.45) is 4.86. The van der Waals surface area contributed by atoms with Crippen molar-refractivity contribution < 1.29 is 4.74 Å². The molecule has 6 heteroatoms. The van der Waals surface area contributed by atoms with Crippen molar-refractivity contribution in [2.45, 2.75) is 50.7 Å². The maximum Gasteiger partial charge on any atom is 0.145 e. The van der Waals surface area contributed by atoms with E-state index in [0.29, 0.717) is 23.9 Å². The number of nitrogens with two attached hydrogens (primary N) is 1. The Kier molecular flexibility index (Phi) is 3.52. The molecule has 0 atom stereocenters. The molecule has 2 fully saturated rings. The van der Waals surface area contributed by atoms with Crippen molar-refractivity contribution in [1.82, 2.24) is 9.97 Å². The number of hydrogen-bond donors (Lipinski definition) is 3. The average molecular weight is 263 g/mol. The van der Waals surface area contributed by atoms with Gasteiger partial charge in [-0.1, -0.05) is 0 Å². The standard InChI is InChI=1S/C13H21N5O/c1-2-19-10-5-9(6-10)15-11-7-12(18-14)17-13(16-11)8-3-4-8/h7-10H,2-6,14H2,1H3,(H2,15,16,17,18). The van der Waals surface area contributed by atoms with Gasteiger partial charge in [0.15, 0.2) is 0 Å². The zero-order chi connectivity index (χ0) is 13.2. The summed E-state index contributed by atoms with van der Waals surface area (Å²) in [6.45, 7) is 2.82. The zero-order valence-electron chi connectivity index (χ0n) is 11.2. The van der Waals surface area contributed by atoms with Crippen molar-refractivity contribution in [1.29, 1.82) is 0 Å². The van der Waals surface area contributed by atoms with Crippen LogP contribution in [0.5, 0.6) is 0 Å². The van der Waals surface area contributed by atoms with Crippen LogP contribution in [0.2, 0.25) is 0 Å². The van der Waals surface area contributed by atoms with E-state index in [1.807, 2.05) is 13.0 Å². The summed E-state index contributed by atoms with van der Waals surface area (Å²) in [5.41, 5.74) is 2.61. The number of nitrogens with one attached hydrogen (secondary N) is 2. The molecule has 1 heterocycles. The minimum Gasteiger partial charge on any atom is -0.378 e. The summed E-state index contributed by atoms with van der Waals surface area (Å²) in [5, 5.41) is 3.44. The van der Waals surface area contributed by atoms with Gasteiger partial charge in [0.05, 0.1) is 6.10 Å². The van der Waals surface area contributed by atoms with Crippen LogP contribution in [-0.4, -0.2) is 28.7 Å². The fraction of sp³-hybridized carbons (Fsp3) is 0.692. The van der Waals surface area contributed by atoms with Gasteiger partial charge in [0, 0.05) is 24.6 Å². The number of rotatable bonds is 6. The topological polar surface area (TPSA) is 85.1 Å². The second-order valence-corrected chi connectivity index (χ2v) is 5.31. The number of hydrogen-bond acceptors (Lipinski definition) is 6. The minimum absolute atomic E-state index is 0.402. The van der Waals surface area contributed by atoms with E-state index in [2.05, 4.69) is 20.7 Å². The smallest absolute Gasteiger partial charge is 0.145 e. The van der Waals surface area contributed by atoms with Gasteiger partial charge in [-0.25, -0.2) is 15.8 Å². The van der Waals surface area contributed by atoms with Crippen molar-refractivity contribution in [3.8, 4) is 0 Å². The van der Waals surface area contributed by atoms with E-state index >= 15 is 0 Å². The lowest BCUT2D eigenvalue weighted by atomic mass is 9.89. The molecule has 1 aromatic heterocycles. The molecule has 2 aliphatic carbocycles. The van der Waals surface area contributed by atoms with Crippen molar-refractivity contribution in [2.75, 3.05) is 17.3 Å². The Morgan fingerprint density at radius 1 is 1.32 bits per heavy atom. The van der Waals surface area contributed by atoms with Gasteiger partial charge < -0.3 is 15.5 Å². The maximum atomic E-state index is 5.56. The third kappa shape index (κ3) is 2.96. The molecule has 3 rings (SSSR count). The highest BCUT2D eigenvalue weighted by Gasteiger charge is 2.31. The predicted octanol–water partition coefficient (Wildman–Crippen LogP) is 1.62. The fourth-order valence-electron chi connectivity index (χ4n) is 2.40. The minimum atomic E-state index is 0.402. The van der Waals surface area contributed by atoms with Gasteiger partial charge in [0.1, 0.15) is 17.5 Å². The highest BCUT2D eigenvalue weighted by molar-refractivity contribution is 5.48. The Labute approximate surface area is 113 Å². The number of anilines is 2. The molecule has 0 amide bonds. The van der Waals surface area contributed by atoms with Crippen LogP contribution in [0.25, 0.3) is 0 Å². The SMILES string of the molecule is CCOC1CC(Nc2cc(NN)nc(C3CC3)n2)C1. The van der Waals surface area contributed by atoms with Crippen LogP contribution < -0.4 is 16.6 Å². The summed E-state index contributed by atoms with van der Waals surface area (Å²) < 4.78 is 5.56. The van der Waals surface area contributed by atoms with Crippen LogP contribution in [0.4, 0.5) is 11.6 Å². The van der Waals surface area contributed by atoms with Crippen LogP contribution in [0.3, 0.4) is 0 Å². The van der Waals surface area contributed by atoms with Gasteiger partial charge in [0.25, 0.3) is 0 Å². The molecule has 19 heavy (non-hydrogen) atoms. The molecular formula is C13H21N5O. The Bertz CT molecular complexity index is 443. The van der Waals surface area contributed by atoms with E-state index in [1.165, 1.54) is 12.8 Å². The highest BCUT2D eigenvalue weighted by atomic mass is 16.5. The van der Waals surface area contributed by atoms with Crippen molar-refractivity contribution >= 4 is 11.6 Å². The molecule has 0 aromatic carbocycles. The molecule has 0 aliphatic heterocycles. The van der Waals surface area contributed by atoms with Gasteiger partial charge in [-0.2, -0.15) is 0 Å². The van der Waals surface area contributed by atoms with E-state index in [-0.39, 0.29) is 0 Å². The molecule has 1 aromatic rings. The summed E-state index contributed by atoms with van der Waals surface area (Å²) in [6, 6.07) is 2.31. The van der Waals surface area contributed by atoms with Crippen molar-refractivity contribution in [3.05, 3.63) is 11.9 Å². The summed E-state index contributed by atoms with van der Waals surface area (Å²) in [4.78, 5) is 8.98. The van der Waals surface area contributed by atoms with Crippen LogP contribution >= 0.6 is 0 Å². The van der Waals surface area contributed by atoms with E-state index in [1.54, 1.807) is 0 Å². The van der Waals surface area contributed by atoms with E-state index < -0.39 is 0 Å². The largest absolute Gasteiger partial charge is 0.378 e. The number of hydrazine groups is 1. The number of ether oxygens (including phenoxy) is 1. The lowest BCUT2D eigenvalue weighted by molar-refractivity contribution is 0.00292. The molecule has 0 saturated heterocycles. The summed E-state index contributed by atoms with van der Waals surface area (Å²) in [7, 11) is 0. The Hall–Kier alpha value is -1.40. The molecule has 0 unspecified atom stereocenters. The van der Waals surface area contributed by atoms with Gasteiger partial charge in [-0.05, 0) is 32.6 Å². The molecule has 2 saturated carbocycles. The summed E-state index contributed by atoms with van der Waals surface area (Å²) in [5.74, 6) is 8.43. The molecular weight excluding hydrogens is 242 g/mol. The van der Waals surface area contributed by atoms with E-state index in [4.69, 9.17) is 10.6 Å². The molecule has 0 radical (unpaired) electrons. The zero-order valence-corrected chi connectivity index (χ0v) is 11.2. The second kappa shape index (κ2) is 5.30. The lowest BCUT2D eigenvalue weighted by Gasteiger charge is -2.35. The highest BCUT2D eigenvalue weighted by Crippen LogP contribution is 2.39. The third-order valence-corrected chi connectivity index (χ3v) is 3.68. The van der Waals surface area contributed by atoms with Crippen LogP contribution in [0.15, 0.2) is 6.07 Å². The first-order valence-corrected chi connectivity index (χ1v) is 7.02. The fourth-order valence-corrected chi connectivity index (χ4v) is 2.40. The Morgan fingerprint density at radius 2 is 2.05 bits per heavy atom. The predicted molar refractivity (Wildman–Crippen MR) is 73.9 cm³/mol. The molecule has 104 valence electrons. The molecule has 6 nitrogen and oxygen atoms in total. The third-order valence-electron chi connectivity index (χ3n) is 3.68. The van der Waals surface area contributed by atoms with Gasteiger partial charge >= 0.3 is 0 Å². The first kappa shape index (κ1) is 12.6. The van der Waals surface area contributed by atoms with E-state index in [0.717, 1.165) is 31.1 Å². The quantitative estimate of drug-likeness (QED) is 0.534. The normalized spacial score (nSPS) is 25.8. The molecule has 4 N–H and O–H groups in total. The van der Waals surface area contributed by atoms with E-state index in [9.17, 15) is 0 Å². The number of aromatic nitrogens is 2. The molecule has 0 bridgehead atoms. The van der Waals surface area contributed by atoms with Crippen molar-refractivity contribution in [2.24, 2.45) is 5.84 Å². The van der Waals surface area contributed by atoms with Crippen molar-refractivity contribution in [3.63, 3.8) is 0 Å². The number of nitrogens with zero attached hydrogens (tertiary/aromatic N) is 2. The monoisotopic (exact) mass is 263 g/mol.